The van der Waals surface area contributed by atoms with Gasteiger partial charge < -0.3 is 15.2 Å². The number of ether oxygens (including phenoxy) is 1. The number of nitrogens with one attached hydrogen (secondary N) is 1. The molecule has 0 aromatic heterocycles. The summed E-state index contributed by atoms with van der Waals surface area (Å²) in [6, 6.07) is 2.06. The highest BCUT2D eigenvalue weighted by atomic mass is 16.5. The van der Waals surface area contributed by atoms with Gasteiger partial charge in [0.2, 0.25) is 0 Å². The van der Waals surface area contributed by atoms with Crippen molar-refractivity contribution < 1.29 is 14.6 Å². The number of amides is 1. The highest BCUT2D eigenvalue weighted by Crippen LogP contribution is 2.28. The molecule has 0 aliphatic carbocycles. The van der Waals surface area contributed by atoms with E-state index in [1.54, 1.807) is 7.11 Å². The Labute approximate surface area is 102 Å². The van der Waals surface area contributed by atoms with Gasteiger partial charge in [-0.3, -0.25) is 0 Å². The van der Waals surface area contributed by atoms with Crippen molar-refractivity contribution in [2.75, 3.05) is 13.7 Å². The molecule has 1 amide bonds. The van der Waals surface area contributed by atoms with Crippen molar-refractivity contribution in [3.05, 3.63) is 28.3 Å². The zero-order valence-corrected chi connectivity index (χ0v) is 10.8. The maximum absolute atomic E-state index is 10.4. The number of hydrogen-bond donors (Lipinski definition) is 2. The Kier molecular flexibility index (Phi) is 4.37. The molecule has 1 aromatic carbocycles. The van der Waals surface area contributed by atoms with Crippen molar-refractivity contribution in [3.8, 4) is 5.75 Å². The van der Waals surface area contributed by atoms with Crippen molar-refractivity contribution in [1.29, 1.82) is 0 Å². The monoisotopic (exact) mass is 237 g/mol. The number of methoxy groups -OCH3 is 1. The van der Waals surface area contributed by atoms with Crippen LogP contribution >= 0.6 is 0 Å². The zero-order valence-electron chi connectivity index (χ0n) is 10.8. The van der Waals surface area contributed by atoms with Gasteiger partial charge in [0.15, 0.2) is 0 Å². The number of hydrogen-bond acceptors (Lipinski definition) is 2. The summed E-state index contributed by atoms with van der Waals surface area (Å²) in [7, 11) is 1.67. The highest BCUT2D eigenvalue weighted by molar-refractivity contribution is 5.64. The van der Waals surface area contributed by atoms with Crippen LogP contribution in [0.1, 0.15) is 22.3 Å². The van der Waals surface area contributed by atoms with Gasteiger partial charge in [0.05, 0.1) is 7.11 Å². The molecule has 94 valence electrons. The van der Waals surface area contributed by atoms with Gasteiger partial charge in [-0.05, 0) is 49.4 Å². The molecule has 1 aromatic rings. The molecule has 4 heteroatoms. The first-order chi connectivity index (χ1) is 7.97. The van der Waals surface area contributed by atoms with Gasteiger partial charge >= 0.3 is 6.09 Å². The Morgan fingerprint density at radius 3 is 2.53 bits per heavy atom. The minimum atomic E-state index is -0.982. The average Bonchev–Trinajstić information content (AvgIpc) is 2.25. The van der Waals surface area contributed by atoms with E-state index >= 15 is 0 Å². The number of carbonyl (C=O) groups is 1. The lowest BCUT2D eigenvalue weighted by Crippen LogP contribution is -2.23. The summed E-state index contributed by atoms with van der Waals surface area (Å²) in [6.07, 6.45) is -0.284. The van der Waals surface area contributed by atoms with Crippen molar-refractivity contribution in [1.82, 2.24) is 5.32 Å². The second kappa shape index (κ2) is 5.57. The van der Waals surface area contributed by atoms with Gasteiger partial charge in [-0.2, -0.15) is 0 Å². The zero-order chi connectivity index (χ0) is 13.0. The first-order valence-corrected chi connectivity index (χ1v) is 5.57. The Morgan fingerprint density at radius 1 is 1.35 bits per heavy atom. The van der Waals surface area contributed by atoms with E-state index < -0.39 is 6.09 Å². The molecule has 0 radical (unpaired) electrons. The van der Waals surface area contributed by atoms with Crippen LogP contribution in [-0.4, -0.2) is 24.9 Å². The molecule has 17 heavy (non-hydrogen) atoms. The lowest BCUT2D eigenvalue weighted by Gasteiger charge is -2.15. The fourth-order valence-corrected chi connectivity index (χ4v) is 2.02. The standard InChI is InChI=1S/C13H19NO3/c1-8-7-11(5-6-14-13(15)16)9(2)10(3)12(8)17-4/h7,14H,5-6H2,1-4H3,(H,15,16). The maximum Gasteiger partial charge on any atom is 0.404 e. The topological polar surface area (TPSA) is 58.6 Å². The smallest absolute Gasteiger partial charge is 0.404 e. The molecular formula is C13H19NO3. The van der Waals surface area contributed by atoms with Gasteiger partial charge in [0.25, 0.3) is 0 Å². The highest BCUT2D eigenvalue weighted by Gasteiger charge is 2.10. The minimum Gasteiger partial charge on any atom is -0.496 e. The molecule has 0 aliphatic heterocycles. The van der Waals surface area contributed by atoms with E-state index in [0.29, 0.717) is 13.0 Å². The molecule has 1 rings (SSSR count). The van der Waals surface area contributed by atoms with Crippen LogP contribution in [0.2, 0.25) is 0 Å². The molecular weight excluding hydrogens is 218 g/mol. The second-order valence-electron chi connectivity index (χ2n) is 4.12. The Morgan fingerprint density at radius 2 is 2.00 bits per heavy atom. The first kappa shape index (κ1) is 13.4. The van der Waals surface area contributed by atoms with Crippen LogP contribution in [0, 0.1) is 20.8 Å². The van der Waals surface area contributed by atoms with E-state index in [1.807, 2.05) is 20.8 Å². The molecule has 0 saturated heterocycles. The van der Waals surface area contributed by atoms with E-state index in [2.05, 4.69) is 11.4 Å². The normalized spacial score (nSPS) is 10.1. The van der Waals surface area contributed by atoms with Crippen molar-refractivity contribution in [3.63, 3.8) is 0 Å². The van der Waals surface area contributed by atoms with Crippen LogP contribution in [-0.2, 0) is 6.42 Å². The second-order valence-corrected chi connectivity index (χ2v) is 4.12. The van der Waals surface area contributed by atoms with Crippen molar-refractivity contribution in [2.24, 2.45) is 0 Å². The number of carboxylic acid groups (broad SMARTS) is 1. The van der Waals surface area contributed by atoms with Crippen LogP contribution in [0.15, 0.2) is 6.07 Å². The van der Waals surface area contributed by atoms with Crippen LogP contribution < -0.4 is 10.1 Å². The van der Waals surface area contributed by atoms with E-state index in [4.69, 9.17) is 9.84 Å². The molecule has 4 nitrogen and oxygen atoms in total. The van der Waals surface area contributed by atoms with E-state index in [-0.39, 0.29) is 0 Å². The summed E-state index contributed by atoms with van der Waals surface area (Å²) in [4.78, 5) is 10.4. The lowest BCUT2D eigenvalue weighted by atomic mass is 9.96. The van der Waals surface area contributed by atoms with Gasteiger partial charge in [-0.25, -0.2) is 4.79 Å². The molecule has 2 N–H and O–H groups in total. The minimum absolute atomic E-state index is 0.432. The van der Waals surface area contributed by atoms with Crippen molar-refractivity contribution >= 4 is 6.09 Å². The SMILES string of the molecule is COc1c(C)cc(CCNC(=O)O)c(C)c1C. The summed E-state index contributed by atoms with van der Waals surface area (Å²) in [5.74, 6) is 0.914. The van der Waals surface area contributed by atoms with E-state index in [9.17, 15) is 4.79 Å². The molecule has 0 bridgehead atoms. The molecule has 0 saturated carbocycles. The predicted octanol–water partition coefficient (Wildman–Crippen LogP) is 2.43. The predicted molar refractivity (Wildman–Crippen MR) is 66.9 cm³/mol. The Balaban J connectivity index is 2.90. The first-order valence-electron chi connectivity index (χ1n) is 5.57. The third-order valence-corrected chi connectivity index (χ3v) is 3.01. The number of rotatable bonds is 4. The molecule has 0 unspecified atom stereocenters. The quantitative estimate of drug-likeness (QED) is 0.845. The average molecular weight is 237 g/mol. The van der Waals surface area contributed by atoms with Crippen LogP contribution in [0.4, 0.5) is 4.79 Å². The number of aryl methyl sites for hydroxylation is 1. The fourth-order valence-electron chi connectivity index (χ4n) is 2.02. The third kappa shape index (κ3) is 3.12. The molecule has 0 heterocycles. The van der Waals surface area contributed by atoms with E-state index in [1.165, 1.54) is 5.56 Å². The fraction of sp³-hybridized carbons (Fsp3) is 0.462. The maximum atomic E-state index is 10.4. The molecule has 0 spiro atoms. The summed E-state index contributed by atoms with van der Waals surface area (Å²) in [5, 5.41) is 10.9. The number of benzene rings is 1. The molecule has 0 fully saturated rings. The van der Waals surface area contributed by atoms with Gasteiger partial charge in [-0.1, -0.05) is 6.07 Å². The van der Waals surface area contributed by atoms with Gasteiger partial charge in [0, 0.05) is 6.54 Å². The van der Waals surface area contributed by atoms with Crippen molar-refractivity contribution in [2.45, 2.75) is 27.2 Å². The summed E-state index contributed by atoms with van der Waals surface area (Å²) < 4.78 is 5.34. The summed E-state index contributed by atoms with van der Waals surface area (Å²) in [5.41, 5.74) is 4.54. The molecule has 0 atom stereocenters. The van der Waals surface area contributed by atoms with Crippen LogP contribution in [0.25, 0.3) is 0 Å². The Bertz CT molecular complexity index is 427. The summed E-state index contributed by atoms with van der Waals surface area (Å²) >= 11 is 0. The van der Waals surface area contributed by atoms with Gasteiger partial charge in [0.1, 0.15) is 5.75 Å². The van der Waals surface area contributed by atoms with E-state index in [0.717, 1.165) is 22.4 Å². The van der Waals surface area contributed by atoms with Gasteiger partial charge in [-0.15, -0.1) is 0 Å². The largest absolute Gasteiger partial charge is 0.496 e. The summed E-state index contributed by atoms with van der Waals surface area (Å²) in [6.45, 7) is 6.49. The lowest BCUT2D eigenvalue weighted by molar-refractivity contribution is 0.194. The van der Waals surface area contributed by atoms with Crippen LogP contribution in [0.3, 0.4) is 0 Å². The third-order valence-electron chi connectivity index (χ3n) is 3.01. The Hall–Kier alpha value is -1.71. The van der Waals surface area contributed by atoms with Crippen LogP contribution in [0.5, 0.6) is 5.75 Å². The molecule has 0 aliphatic rings.